The molecule has 2 aromatic rings. The summed E-state index contributed by atoms with van der Waals surface area (Å²) in [6, 6.07) is 10.3. The number of nitrogens with zero attached hydrogens (tertiary/aromatic N) is 2. The van der Waals surface area contributed by atoms with E-state index in [1.807, 2.05) is 36.1 Å². The number of pyridine rings is 1. The SMILES string of the molecule is CCOc1cc(C(=O)N2CCC3CCC(C2)N3)ccc1OCc1cccnc1. The van der Waals surface area contributed by atoms with Gasteiger partial charge in [0.15, 0.2) is 11.5 Å². The van der Waals surface area contributed by atoms with Gasteiger partial charge in [-0.15, -0.1) is 0 Å². The largest absolute Gasteiger partial charge is 0.490 e. The standard InChI is InChI=1S/C22H27N3O3/c1-2-27-21-12-17(5-8-20(21)28-15-16-4-3-10-23-13-16)22(26)25-11-9-18-6-7-19(14-25)24-18/h3-5,8,10,12-13,18-19,24H,2,6-7,9,11,14-15H2,1H3. The molecule has 1 aromatic heterocycles. The normalized spacial score (nSPS) is 21.2. The third-order valence-electron chi connectivity index (χ3n) is 5.42. The molecule has 2 unspecified atom stereocenters. The Bertz CT molecular complexity index is 812. The molecule has 0 saturated carbocycles. The number of aromatic nitrogens is 1. The van der Waals surface area contributed by atoms with E-state index < -0.39 is 0 Å². The van der Waals surface area contributed by atoms with Crippen LogP contribution < -0.4 is 14.8 Å². The summed E-state index contributed by atoms with van der Waals surface area (Å²) in [5, 5.41) is 3.62. The predicted molar refractivity (Wildman–Crippen MR) is 107 cm³/mol. The van der Waals surface area contributed by atoms with Crippen molar-refractivity contribution < 1.29 is 14.3 Å². The quantitative estimate of drug-likeness (QED) is 0.833. The molecule has 148 valence electrons. The van der Waals surface area contributed by atoms with Gasteiger partial charge < -0.3 is 19.7 Å². The summed E-state index contributed by atoms with van der Waals surface area (Å²) in [7, 11) is 0. The van der Waals surface area contributed by atoms with E-state index in [9.17, 15) is 4.79 Å². The molecular formula is C22H27N3O3. The summed E-state index contributed by atoms with van der Waals surface area (Å²) in [5.74, 6) is 1.31. The second kappa shape index (κ2) is 8.61. The third kappa shape index (κ3) is 4.28. The lowest BCUT2D eigenvalue weighted by Crippen LogP contribution is -2.39. The molecule has 2 fully saturated rings. The fourth-order valence-electron chi connectivity index (χ4n) is 3.98. The maximum atomic E-state index is 13.1. The number of carbonyl (C=O) groups excluding carboxylic acids is 1. The molecule has 0 spiro atoms. The molecule has 6 nitrogen and oxygen atoms in total. The molecule has 2 atom stereocenters. The summed E-state index contributed by atoms with van der Waals surface area (Å²) in [6.07, 6.45) is 6.91. The summed E-state index contributed by atoms with van der Waals surface area (Å²) in [5.41, 5.74) is 1.63. The van der Waals surface area contributed by atoms with Crippen molar-refractivity contribution in [2.45, 2.75) is 44.9 Å². The Labute approximate surface area is 165 Å². The van der Waals surface area contributed by atoms with Crippen molar-refractivity contribution in [2.75, 3.05) is 19.7 Å². The van der Waals surface area contributed by atoms with Crippen LogP contribution in [-0.4, -0.2) is 47.6 Å². The summed E-state index contributed by atoms with van der Waals surface area (Å²) < 4.78 is 11.7. The van der Waals surface area contributed by atoms with Crippen molar-refractivity contribution in [1.29, 1.82) is 0 Å². The summed E-state index contributed by atoms with van der Waals surface area (Å²) in [6.45, 7) is 4.42. The van der Waals surface area contributed by atoms with E-state index in [1.165, 1.54) is 6.42 Å². The van der Waals surface area contributed by atoms with Gasteiger partial charge in [0.2, 0.25) is 0 Å². The topological polar surface area (TPSA) is 63.7 Å². The van der Waals surface area contributed by atoms with Crippen LogP contribution in [0.4, 0.5) is 0 Å². The second-order valence-corrected chi connectivity index (χ2v) is 7.42. The van der Waals surface area contributed by atoms with Gasteiger partial charge in [0, 0.05) is 48.7 Å². The Hall–Kier alpha value is -2.60. The van der Waals surface area contributed by atoms with E-state index in [1.54, 1.807) is 18.5 Å². The molecule has 2 saturated heterocycles. The van der Waals surface area contributed by atoms with Crippen LogP contribution in [0.3, 0.4) is 0 Å². The number of nitrogens with one attached hydrogen (secondary N) is 1. The number of hydrogen-bond donors (Lipinski definition) is 1. The van der Waals surface area contributed by atoms with Crippen molar-refractivity contribution >= 4 is 5.91 Å². The highest BCUT2D eigenvalue weighted by Gasteiger charge is 2.31. The molecule has 2 aliphatic heterocycles. The highest BCUT2D eigenvalue weighted by atomic mass is 16.5. The minimum Gasteiger partial charge on any atom is -0.490 e. The zero-order valence-electron chi connectivity index (χ0n) is 16.3. The van der Waals surface area contributed by atoms with Crippen molar-refractivity contribution in [1.82, 2.24) is 15.2 Å². The third-order valence-corrected chi connectivity index (χ3v) is 5.42. The number of ether oxygens (including phenoxy) is 2. The van der Waals surface area contributed by atoms with E-state index >= 15 is 0 Å². The molecule has 2 aliphatic rings. The molecule has 0 radical (unpaired) electrons. The molecule has 0 aliphatic carbocycles. The molecular weight excluding hydrogens is 354 g/mol. The fraction of sp³-hybridized carbons (Fsp3) is 0.455. The number of fused-ring (bicyclic) bond motifs is 2. The van der Waals surface area contributed by atoms with Gasteiger partial charge in [0.05, 0.1) is 6.61 Å². The van der Waals surface area contributed by atoms with Crippen LogP contribution in [0.15, 0.2) is 42.7 Å². The van der Waals surface area contributed by atoms with Crippen LogP contribution in [-0.2, 0) is 6.61 Å². The van der Waals surface area contributed by atoms with Gasteiger partial charge in [-0.2, -0.15) is 0 Å². The maximum Gasteiger partial charge on any atom is 0.254 e. The average Bonchev–Trinajstić information content (AvgIpc) is 3.06. The van der Waals surface area contributed by atoms with Crippen molar-refractivity contribution in [2.24, 2.45) is 0 Å². The van der Waals surface area contributed by atoms with E-state index in [0.29, 0.717) is 42.4 Å². The first-order valence-electron chi connectivity index (χ1n) is 10.1. The van der Waals surface area contributed by atoms with Gasteiger partial charge >= 0.3 is 0 Å². The Kier molecular flexibility index (Phi) is 5.76. The minimum absolute atomic E-state index is 0.0640. The predicted octanol–water partition coefficient (Wildman–Crippen LogP) is 3.03. The van der Waals surface area contributed by atoms with Crippen molar-refractivity contribution in [3.05, 3.63) is 53.9 Å². The Morgan fingerprint density at radius 3 is 2.89 bits per heavy atom. The number of amides is 1. The van der Waals surface area contributed by atoms with E-state index in [2.05, 4.69) is 10.3 Å². The second-order valence-electron chi connectivity index (χ2n) is 7.42. The highest BCUT2D eigenvalue weighted by molar-refractivity contribution is 5.95. The van der Waals surface area contributed by atoms with Gasteiger partial charge in [-0.1, -0.05) is 6.07 Å². The molecule has 1 aromatic carbocycles. The number of rotatable bonds is 6. The fourth-order valence-corrected chi connectivity index (χ4v) is 3.98. The molecule has 1 amide bonds. The van der Waals surface area contributed by atoms with E-state index in [0.717, 1.165) is 31.5 Å². The van der Waals surface area contributed by atoms with Crippen LogP contribution in [0.5, 0.6) is 11.5 Å². The first-order valence-corrected chi connectivity index (χ1v) is 10.1. The van der Waals surface area contributed by atoms with Crippen LogP contribution in [0.1, 0.15) is 42.1 Å². The number of benzene rings is 1. The van der Waals surface area contributed by atoms with Crippen LogP contribution >= 0.6 is 0 Å². The van der Waals surface area contributed by atoms with E-state index in [4.69, 9.17) is 9.47 Å². The molecule has 4 rings (SSSR count). The number of likely N-dealkylation sites (tertiary alicyclic amines) is 1. The Morgan fingerprint density at radius 2 is 2.07 bits per heavy atom. The monoisotopic (exact) mass is 381 g/mol. The van der Waals surface area contributed by atoms with Gasteiger partial charge in [-0.25, -0.2) is 0 Å². The van der Waals surface area contributed by atoms with E-state index in [-0.39, 0.29) is 5.91 Å². The zero-order chi connectivity index (χ0) is 19.3. The lowest BCUT2D eigenvalue weighted by Gasteiger charge is -2.24. The molecule has 28 heavy (non-hydrogen) atoms. The first kappa shape index (κ1) is 18.7. The van der Waals surface area contributed by atoms with Crippen LogP contribution in [0.25, 0.3) is 0 Å². The van der Waals surface area contributed by atoms with Crippen molar-refractivity contribution in [3.63, 3.8) is 0 Å². The maximum absolute atomic E-state index is 13.1. The van der Waals surface area contributed by atoms with Crippen LogP contribution in [0, 0.1) is 0 Å². The lowest BCUT2D eigenvalue weighted by atomic mass is 10.1. The minimum atomic E-state index is 0.0640. The molecule has 6 heteroatoms. The number of carbonyl (C=O) groups is 1. The van der Waals surface area contributed by atoms with Gasteiger partial charge in [0.1, 0.15) is 6.61 Å². The van der Waals surface area contributed by atoms with Gasteiger partial charge in [-0.3, -0.25) is 9.78 Å². The highest BCUT2D eigenvalue weighted by Crippen LogP contribution is 2.30. The van der Waals surface area contributed by atoms with Gasteiger partial charge in [0.25, 0.3) is 5.91 Å². The molecule has 3 heterocycles. The summed E-state index contributed by atoms with van der Waals surface area (Å²) in [4.78, 5) is 19.1. The average molecular weight is 381 g/mol. The van der Waals surface area contributed by atoms with Crippen molar-refractivity contribution in [3.8, 4) is 11.5 Å². The van der Waals surface area contributed by atoms with Gasteiger partial charge in [-0.05, 0) is 50.5 Å². The molecule has 2 bridgehead atoms. The lowest BCUT2D eigenvalue weighted by molar-refractivity contribution is 0.0747. The molecule has 1 N–H and O–H groups in total. The van der Waals surface area contributed by atoms with Crippen LogP contribution in [0.2, 0.25) is 0 Å². The first-order chi connectivity index (χ1) is 13.7. The zero-order valence-corrected chi connectivity index (χ0v) is 16.3. The summed E-state index contributed by atoms with van der Waals surface area (Å²) >= 11 is 0. The Morgan fingerprint density at radius 1 is 1.18 bits per heavy atom. The smallest absolute Gasteiger partial charge is 0.254 e. The number of hydrogen-bond acceptors (Lipinski definition) is 5. The Balaban J connectivity index is 1.48.